The molecule has 10 heteroatoms. The Morgan fingerprint density at radius 2 is 1.93 bits per heavy atom. The highest BCUT2D eigenvalue weighted by Gasteiger charge is 2.74. The molecule has 27 heavy (non-hydrogen) atoms. The molecule has 0 saturated carbocycles. The van der Waals surface area contributed by atoms with Crippen LogP contribution >= 0.6 is 0 Å². The summed E-state index contributed by atoms with van der Waals surface area (Å²) < 4.78 is 71.8. The minimum Gasteiger partial charge on any atom is -0.456 e. The molecule has 1 N–H and O–H groups in total. The zero-order chi connectivity index (χ0) is 19.8. The number of halogens is 3. The lowest BCUT2D eigenvalue weighted by atomic mass is 9.96. The molecule has 0 radical (unpaired) electrons. The second-order valence-electron chi connectivity index (χ2n) is 6.18. The van der Waals surface area contributed by atoms with Crippen LogP contribution in [0.2, 0.25) is 0 Å². The summed E-state index contributed by atoms with van der Waals surface area (Å²) in [6, 6.07) is 6.48. The maximum absolute atomic E-state index is 14.4. The molecule has 1 heterocycles. The van der Waals surface area contributed by atoms with Gasteiger partial charge in [0.2, 0.25) is 9.84 Å². The maximum Gasteiger partial charge on any atom is 0.382 e. The van der Waals surface area contributed by atoms with E-state index in [-0.39, 0.29) is 17.1 Å². The van der Waals surface area contributed by atoms with Gasteiger partial charge in [-0.2, -0.15) is 14.0 Å². The minimum atomic E-state index is -5.19. The first-order valence-corrected chi connectivity index (χ1v) is 8.95. The van der Waals surface area contributed by atoms with E-state index in [9.17, 15) is 31.5 Å². The number of ether oxygens (including phenoxy) is 1. The summed E-state index contributed by atoms with van der Waals surface area (Å²) in [5.74, 6) is -2.26. The normalized spacial score (nSPS) is 23.7. The van der Waals surface area contributed by atoms with Crippen molar-refractivity contribution in [3.63, 3.8) is 0 Å². The molecular weight excluding hydrogens is 387 g/mol. The molecule has 2 aliphatic rings. The molecule has 1 aliphatic heterocycles. The summed E-state index contributed by atoms with van der Waals surface area (Å²) in [6.07, 6.45) is -1.13. The first kappa shape index (κ1) is 17.5. The molecule has 4 rings (SSSR count). The van der Waals surface area contributed by atoms with Crippen molar-refractivity contribution in [1.82, 2.24) is 0 Å². The van der Waals surface area contributed by atoms with Gasteiger partial charge >= 0.3 is 5.25 Å². The summed E-state index contributed by atoms with van der Waals surface area (Å²) in [5.41, 5.74) is -4.49. The molecule has 0 saturated heterocycles. The van der Waals surface area contributed by atoms with Gasteiger partial charge in [0.15, 0.2) is 11.4 Å². The van der Waals surface area contributed by atoms with E-state index in [0.29, 0.717) is 0 Å². The second kappa shape index (κ2) is 5.09. The molecule has 2 aromatic carbocycles. The van der Waals surface area contributed by atoms with Crippen LogP contribution < -0.4 is 4.74 Å². The van der Waals surface area contributed by atoms with E-state index in [2.05, 4.69) is 0 Å². The molecule has 1 unspecified atom stereocenters. The predicted octanol–water partition coefficient (Wildman–Crippen LogP) is 2.64. The lowest BCUT2D eigenvalue weighted by molar-refractivity contribution is -0.121. The largest absolute Gasteiger partial charge is 0.456 e. The summed E-state index contributed by atoms with van der Waals surface area (Å²) in [6.45, 7) is 0. The van der Waals surface area contributed by atoms with Gasteiger partial charge in [0.25, 0.3) is 0 Å². The standard InChI is InChI=1S/C17H8F3NO5S/c18-9-3-8(7-21)4-10(5-9)26-12-1-2-13-15-14(12)11(22)6-16(15,23)17(19,20)27(13,24)25/h1-5,23H,6H2. The molecule has 0 aromatic heterocycles. The van der Waals surface area contributed by atoms with Crippen molar-refractivity contribution in [2.45, 2.75) is 22.2 Å². The van der Waals surface area contributed by atoms with E-state index in [4.69, 9.17) is 10.00 Å². The third-order valence-corrected chi connectivity index (χ3v) is 6.51. The number of alkyl halides is 2. The fourth-order valence-electron chi connectivity index (χ4n) is 3.39. The van der Waals surface area contributed by atoms with E-state index >= 15 is 0 Å². The van der Waals surface area contributed by atoms with Crippen LogP contribution in [0.25, 0.3) is 0 Å². The Hall–Kier alpha value is -2.90. The number of hydrogen-bond donors (Lipinski definition) is 1. The van der Waals surface area contributed by atoms with Gasteiger partial charge in [-0.3, -0.25) is 4.79 Å². The number of carbonyl (C=O) groups is 1. The van der Waals surface area contributed by atoms with Crippen LogP contribution in [0.1, 0.15) is 27.9 Å². The first-order chi connectivity index (χ1) is 12.5. The number of carbonyl (C=O) groups excluding carboxylic acids is 1. The van der Waals surface area contributed by atoms with Crippen molar-refractivity contribution >= 4 is 15.6 Å². The molecule has 6 nitrogen and oxygen atoms in total. The fourth-order valence-corrected chi connectivity index (χ4v) is 5.07. The van der Waals surface area contributed by atoms with Gasteiger partial charge in [-0.05, 0) is 24.3 Å². The summed E-state index contributed by atoms with van der Waals surface area (Å²) in [4.78, 5) is 11.4. The van der Waals surface area contributed by atoms with Crippen LogP contribution in [0.5, 0.6) is 11.5 Å². The highest BCUT2D eigenvalue weighted by atomic mass is 32.2. The Morgan fingerprint density at radius 3 is 2.59 bits per heavy atom. The third kappa shape index (κ3) is 2.03. The van der Waals surface area contributed by atoms with Crippen molar-refractivity contribution in [3.05, 3.63) is 52.8 Å². The molecule has 2 aromatic rings. The van der Waals surface area contributed by atoms with Crippen LogP contribution in [-0.4, -0.2) is 24.6 Å². The van der Waals surface area contributed by atoms with Gasteiger partial charge in [-0.15, -0.1) is 0 Å². The number of rotatable bonds is 2. The lowest BCUT2D eigenvalue weighted by Crippen LogP contribution is -2.44. The van der Waals surface area contributed by atoms with Crippen molar-refractivity contribution in [1.29, 1.82) is 5.26 Å². The van der Waals surface area contributed by atoms with Gasteiger partial charge in [0, 0.05) is 11.6 Å². The Bertz CT molecular complexity index is 1190. The molecule has 0 bridgehead atoms. The Labute approximate surface area is 150 Å². The number of aliphatic hydroxyl groups is 1. The molecule has 138 valence electrons. The van der Waals surface area contributed by atoms with Crippen molar-refractivity contribution in [2.24, 2.45) is 0 Å². The summed E-state index contributed by atoms with van der Waals surface area (Å²) in [5, 5.41) is 14.6. The Balaban J connectivity index is 1.93. The quantitative estimate of drug-likeness (QED) is 0.838. The number of nitrogens with zero attached hydrogens (tertiary/aromatic N) is 1. The number of benzene rings is 2. The van der Waals surface area contributed by atoms with E-state index in [1.807, 2.05) is 0 Å². The van der Waals surface area contributed by atoms with Gasteiger partial charge < -0.3 is 9.84 Å². The number of ketones is 1. The van der Waals surface area contributed by atoms with Gasteiger partial charge in [0.1, 0.15) is 17.3 Å². The molecule has 0 fully saturated rings. The maximum atomic E-state index is 14.4. The van der Waals surface area contributed by atoms with Crippen LogP contribution in [0.15, 0.2) is 35.2 Å². The number of Topliss-reactive ketones (excluding diaryl/α,β-unsaturated/α-hetero) is 1. The van der Waals surface area contributed by atoms with E-state index in [0.717, 1.165) is 30.3 Å². The van der Waals surface area contributed by atoms with Crippen molar-refractivity contribution in [2.75, 3.05) is 0 Å². The highest BCUT2D eigenvalue weighted by Crippen LogP contribution is 2.60. The number of sulfone groups is 1. The van der Waals surface area contributed by atoms with Crippen molar-refractivity contribution < 1.29 is 36.2 Å². The number of hydrogen-bond acceptors (Lipinski definition) is 6. The second-order valence-corrected chi connectivity index (χ2v) is 8.14. The zero-order valence-corrected chi connectivity index (χ0v) is 14.0. The van der Waals surface area contributed by atoms with Crippen LogP contribution in [0.3, 0.4) is 0 Å². The molecule has 0 spiro atoms. The van der Waals surface area contributed by atoms with E-state index < -0.39 is 54.7 Å². The highest BCUT2D eigenvalue weighted by molar-refractivity contribution is 7.93. The molecule has 0 amide bonds. The summed E-state index contributed by atoms with van der Waals surface area (Å²) >= 11 is 0. The predicted molar refractivity (Wildman–Crippen MR) is 82.6 cm³/mol. The minimum absolute atomic E-state index is 0.0838. The average Bonchev–Trinajstić information content (AvgIpc) is 2.92. The van der Waals surface area contributed by atoms with Gasteiger partial charge in [-0.1, -0.05) is 0 Å². The van der Waals surface area contributed by atoms with Crippen LogP contribution in [0, 0.1) is 17.1 Å². The lowest BCUT2D eigenvalue weighted by Gasteiger charge is -2.24. The zero-order valence-electron chi connectivity index (χ0n) is 13.2. The van der Waals surface area contributed by atoms with Crippen LogP contribution in [-0.2, 0) is 15.4 Å². The fraction of sp³-hybridized carbons (Fsp3) is 0.176. The summed E-state index contributed by atoms with van der Waals surface area (Å²) in [7, 11) is -5.19. The smallest absolute Gasteiger partial charge is 0.382 e. The van der Waals surface area contributed by atoms with Crippen molar-refractivity contribution in [3.8, 4) is 17.6 Å². The van der Waals surface area contributed by atoms with Gasteiger partial charge in [0.05, 0.1) is 28.5 Å². The van der Waals surface area contributed by atoms with Crippen LogP contribution in [0.4, 0.5) is 13.2 Å². The third-order valence-electron chi connectivity index (χ3n) is 4.57. The molecular formula is C17H8F3NO5S. The topological polar surface area (TPSA) is 104 Å². The first-order valence-electron chi connectivity index (χ1n) is 7.47. The van der Waals surface area contributed by atoms with E-state index in [1.54, 1.807) is 6.07 Å². The molecule has 1 aliphatic carbocycles. The SMILES string of the molecule is N#Cc1cc(F)cc(Oc2ccc3c4c2C(=O)CC4(O)C(F)(F)S3(=O)=O)c1. The monoisotopic (exact) mass is 395 g/mol. The Morgan fingerprint density at radius 1 is 1.22 bits per heavy atom. The Kier molecular flexibility index (Phi) is 3.30. The molecule has 1 atom stereocenters. The number of nitriles is 1. The van der Waals surface area contributed by atoms with E-state index in [1.165, 1.54) is 0 Å². The average molecular weight is 395 g/mol. The van der Waals surface area contributed by atoms with Gasteiger partial charge in [-0.25, -0.2) is 12.8 Å².